The molecule has 0 saturated carbocycles. The third-order valence-electron chi connectivity index (χ3n) is 3.65. The maximum atomic E-state index is 11.9. The Morgan fingerprint density at radius 2 is 1.72 bits per heavy atom. The van der Waals surface area contributed by atoms with Crippen LogP contribution in [0.3, 0.4) is 0 Å². The summed E-state index contributed by atoms with van der Waals surface area (Å²) in [6, 6.07) is 21.5. The Bertz CT molecular complexity index is 907. The van der Waals surface area contributed by atoms with Crippen LogP contribution in [0.15, 0.2) is 66.7 Å². The molecule has 0 aliphatic heterocycles. The summed E-state index contributed by atoms with van der Waals surface area (Å²) in [6.45, 7) is 1.90. The SMILES string of the molecule is Cc1ccc(OCC(=O)NC(=S)Nc2ccc3ccccc3c2)cc1. The van der Waals surface area contributed by atoms with Crippen LogP contribution in [0.25, 0.3) is 10.8 Å². The molecule has 0 fully saturated rings. The Hall–Kier alpha value is -2.92. The molecule has 3 aromatic carbocycles. The van der Waals surface area contributed by atoms with Crippen molar-refractivity contribution in [1.29, 1.82) is 0 Å². The molecule has 2 N–H and O–H groups in total. The van der Waals surface area contributed by atoms with E-state index < -0.39 is 0 Å². The zero-order chi connectivity index (χ0) is 17.6. The van der Waals surface area contributed by atoms with Gasteiger partial charge in [0.25, 0.3) is 5.91 Å². The molecular weight excluding hydrogens is 332 g/mol. The van der Waals surface area contributed by atoms with Crippen molar-refractivity contribution >= 4 is 39.7 Å². The van der Waals surface area contributed by atoms with Crippen LogP contribution in [0, 0.1) is 6.92 Å². The predicted molar refractivity (Wildman–Crippen MR) is 105 cm³/mol. The molecule has 0 saturated heterocycles. The molecule has 0 atom stereocenters. The minimum absolute atomic E-state index is 0.0946. The van der Waals surface area contributed by atoms with Gasteiger partial charge in [-0.3, -0.25) is 10.1 Å². The summed E-state index contributed by atoms with van der Waals surface area (Å²) in [7, 11) is 0. The Morgan fingerprint density at radius 3 is 2.48 bits per heavy atom. The predicted octanol–water partition coefficient (Wildman–Crippen LogP) is 4.04. The van der Waals surface area contributed by atoms with E-state index in [2.05, 4.69) is 10.6 Å². The van der Waals surface area contributed by atoms with E-state index in [9.17, 15) is 4.79 Å². The summed E-state index contributed by atoms with van der Waals surface area (Å²) >= 11 is 5.18. The zero-order valence-corrected chi connectivity index (χ0v) is 14.6. The summed E-state index contributed by atoms with van der Waals surface area (Å²) in [6.07, 6.45) is 0. The van der Waals surface area contributed by atoms with Crippen LogP contribution < -0.4 is 15.4 Å². The Balaban J connectivity index is 1.52. The van der Waals surface area contributed by atoms with E-state index in [0.29, 0.717) is 5.75 Å². The summed E-state index contributed by atoms with van der Waals surface area (Å²) < 4.78 is 5.43. The summed E-state index contributed by atoms with van der Waals surface area (Å²) in [4.78, 5) is 11.9. The zero-order valence-electron chi connectivity index (χ0n) is 13.8. The smallest absolute Gasteiger partial charge is 0.264 e. The van der Waals surface area contributed by atoms with Crippen LogP contribution in [0.4, 0.5) is 5.69 Å². The van der Waals surface area contributed by atoms with Gasteiger partial charge in [0, 0.05) is 5.69 Å². The lowest BCUT2D eigenvalue weighted by Gasteiger charge is -2.11. The first kappa shape index (κ1) is 16.9. The third kappa shape index (κ3) is 4.78. The molecule has 1 amide bonds. The van der Waals surface area contributed by atoms with Crippen LogP contribution in [-0.4, -0.2) is 17.6 Å². The second-order valence-electron chi connectivity index (χ2n) is 5.67. The van der Waals surface area contributed by atoms with E-state index in [4.69, 9.17) is 17.0 Å². The monoisotopic (exact) mass is 350 g/mol. The number of anilines is 1. The fourth-order valence-corrected chi connectivity index (χ4v) is 2.61. The molecule has 0 spiro atoms. The highest BCUT2D eigenvalue weighted by molar-refractivity contribution is 7.80. The molecule has 4 nitrogen and oxygen atoms in total. The van der Waals surface area contributed by atoms with E-state index in [-0.39, 0.29) is 17.6 Å². The van der Waals surface area contributed by atoms with E-state index in [1.54, 1.807) is 0 Å². The molecular formula is C20H18N2O2S. The van der Waals surface area contributed by atoms with Gasteiger partial charge in [0.2, 0.25) is 0 Å². The number of carbonyl (C=O) groups excluding carboxylic acids is 1. The van der Waals surface area contributed by atoms with Gasteiger partial charge in [0.05, 0.1) is 0 Å². The highest BCUT2D eigenvalue weighted by atomic mass is 32.1. The number of hydrogen-bond donors (Lipinski definition) is 2. The Kier molecular flexibility index (Phi) is 5.26. The normalized spacial score (nSPS) is 10.3. The fraction of sp³-hybridized carbons (Fsp3) is 0.100. The van der Waals surface area contributed by atoms with Gasteiger partial charge >= 0.3 is 0 Å². The second kappa shape index (κ2) is 7.77. The van der Waals surface area contributed by atoms with Crippen molar-refractivity contribution < 1.29 is 9.53 Å². The standard InChI is InChI=1S/C20H18N2O2S/c1-14-6-10-18(11-7-14)24-13-19(23)22-20(25)21-17-9-8-15-4-2-3-5-16(15)12-17/h2-12H,13H2,1H3,(H2,21,22,23,25). The minimum Gasteiger partial charge on any atom is -0.484 e. The van der Waals surface area contributed by atoms with Crippen LogP contribution in [0.2, 0.25) is 0 Å². The quantitative estimate of drug-likeness (QED) is 0.697. The molecule has 25 heavy (non-hydrogen) atoms. The van der Waals surface area contributed by atoms with Crippen LogP contribution in [0.1, 0.15) is 5.56 Å². The first-order valence-corrected chi connectivity index (χ1v) is 8.30. The molecule has 3 rings (SSSR count). The van der Waals surface area contributed by atoms with E-state index in [0.717, 1.165) is 22.0 Å². The van der Waals surface area contributed by atoms with Crippen molar-refractivity contribution in [2.75, 3.05) is 11.9 Å². The summed E-state index contributed by atoms with van der Waals surface area (Å²) in [5.41, 5.74) is 1.96. The number of nitrogens with one attached hydrogen (secondary N) is 2. The maximum Gasteiger partial charge on any atom is 0.264 e. The lowest BCUT2D eigenvalue weighted by molar-refractivity contribution is -0.121. The van der Waals surface area contributed by atoms with Gasteiger partial charge < -0.3 is 10.1 Å². The van der Waals surface area contributed by atoms with E-state index >= 15 is 0 Å². The number of fused-ring (bicyclic) bond motifs is 1. The number of rotatable bonds is 4. The lowest BCUT2D eigenvalue weighted by atomic mass is 10.1. The summed E-state index contributed by atoms with van der Waals surface area (Å²) in [5.74, 6) is 0.341. The number of benzene rings is 3. The number of thiocarbonyl (C=S) groups is 1. The number of aryl methyl sites for hydroxylation is 1. The largest absolute Gasteiger partial charge is 0.484 e. The average molecular weight is 350 g/mol. The first-order valence-electron chi connectivity index (χ1n) is 7.89. The van der Waals surface area contributed by atoms with Crippen molar-refractivity contribution in [3.05, 3.63) is 72.3 Å². The van der Waals surface area contributed by atoms with Gasteiger partial charge in [-0.1, -0.05) is 48.0 Å². The summed E-state index contributed by atoms with van der Waals surface area (Å²) in [5, 5.41) is 8.12. The third-order valence-corrected chi connectivity index (χ3v) is 3.86. The molecule has 3 aromatic rings. The van der Waals surface area contributed by atoms with Crippen LogP contribution >= 0.6 is 12.2 Å². The number of amides is 1. The molecule has 0 aromatic heterocycles. The van der Waals surface area contributed by atoms with Gasteiger partial charge in [-0.2, -0.15) is 0 Å². The molecule has 0 bridgehead atoms. The van der Waals surface area contributed by atoms with Gasteiger partial charge in [-0.25, -0.2) is 0 Å². The first-order chi connectivity index (χ1) is 12.1. The van der Waals surface area contributed by atoms with E-state index in [1.807, 2.05) is 73.7 Å². The average Bonchev–Trinajstić information content (AvgIpc) is 2.61. The fourth-order valence-electron chi connectivity index (χ4n) is 2.38. The maximum absolute atomic E-state index is 11.9. The second-order valence-corrected chi connectivity index (χ2v) is 6.07. The van der Waals surface area contributed by atoms with Gasteiger partial charge in [0.1, 0.15) is 5.75 Å². The van der Waals surface area contributed by atoms with E-state index in [1.165, 1.54) is 0 Å². The molecule has 0 radical (unpaired) electrons. The molecule has 0 aliphatic carbocycles. The number of carbonyl (C=O) groups is 1. The number of hydrogen-bond acceptors (Lipinski definition) is 3. The molecule has 5 heteroatoms. The van der Waals surface area contributed by atoms with Crippen molar-refractivity contribution in [3.8, 4) is 5.75 Å². The topological polar surface area (TPSA) is 50.4 Å². The van der Waals surface area contributed by atoms with Crippen molar-refractivity contribution in [3.63, 3.8) is 0 Å². The molecule has 0 unspecified atom stereocenters. The van der Waals surface area contributed by atoms with Gasteiger partial charge in [0.15, 0.2) is 11.7 Å². The molecule has 126 valence electrons. The van der Waals surface area contributed by atoms with Crippen molar-refractivity contribution in [2.24, 2.45) is 0 Å². The highest BCUT2D eigenvalue weighted by Gasteiger charge is 2.06. The van der Waals surface area contributed by atoms with Crippen molar-refractivity contribution in [1.82, 2.24) is 5.32 Å². The van der Waals surface area contributed by atoms with Gasteiger partial charge in [-0.05, 0) is 54.2 Å². The van der Waals surface area contributed by atoms with Crippen LogP contribution in [-0.2, 0) is 4.79 Å². The number of ether oxygens (including phenoxy) is 1. The highest BCUT2D eigenvalue weighted by Crippen LogP contribution is 2.18. The Labute approximate surface area is 151 Å². The molecule has 0 heterocycles. The van der Waals surface area contributed by atoms with Crippen molar-refractivity contribution in [2.45, 2.75) is 6.92 Å². The lowest BCUT2D eigenvalue weighted by Crippen LogP contribution is -2.37. The molecule has 0 aliphatic rings. The van der Waals surface area contributed by atoms with Crippen LogP contribution in [0.5, 0.6) is 5.75 Å². The Morgan fingerprint density at radius 1 is 1.00 bits per heavy atom. The minimum atomic E-state index is -0.307. The van der Waals surface area contributed by atoms with Gasteiger partial charge in [-0.15, -0.1) is 0 Å².